The van der Waals surface area contributed by atoms with Crippen molar-refractivity contribution in [3.8, 4) is 0 Å². The molecule has 0 aliphatic carbocycles. The van der Waals surface area contributed by atoms with Crippen molar-refractivity contribution in [2.24, 2.45) is 0 Å². The average molecular weight is 322 g/mol. The average Bonchev–Trinajstić information content (AvgIpc) is 2.90. The highest BCUT2D eigenvalue weighted by Gasteiger charge is 2.30. The lowest BCUT2D eigenvalue weighted by molar-refractivity contribution is -0.156. The Balaban J connectivity index is 2.29. The van der Waals surface area contributed by atoms with Crippen LogP contribution in [0, 0.1) is 0 Å². The summed E-state index contributed by atoms with van der Waals surface area (Å²) in [6.07, 6.45) is 1.87. The van der Waals surface area contributed by atoms with E-state index in [9.17, 15) is 23.1 Å². The van der Waals surface area contributed by atoms with Gasteiger partial charge in [-0.1, -0.05) is 0 Å². The van der Waals surface area contributed by atoms with Crippen LogP contribution in [0.1, 0.15) is 32.6 Å². The second-order valence-electron chi connectivity index (χ2n) is 5.38. The molecule has 0 aromatic heterocycles. The van der Waals surface area contributed by atoms with Gasteiger partial charge in [-0.25, -0.2) is 17.5 Å². The Morgan fingerprint density at radius 1 is 1.29 bits per heavy atom. The molecule has 0 aromatic rings. The zero-order chi connectivity index (χ0) is 16.1. The van der Waals surface area contributed by atoms with Gasteiger partial charge in [0.05, 0.1) is 12.3 Å². The van der Waals surface area contributed by atoms with Crippen LogP contribution in [0.15, 0.2) is 0 Å². The molecule has 1 rings (SSSR count). The molecule has 1 heterocycles. The monoisotopic (exact) mass is 322 g/mol. The molecule has 1 saturated heterocycles. The summed E-state index contributed by atoms with van der Waals surface area (Å²) in [6.45, 7) is 1.74. The Kier molecular flexibility index (Phi) is 6.11. The normalized spacial score (nSPS) is 19.1. The first-order chi connectivity index (χ1) is 9.65. The first-order valence-corrected chi connectivity index (χ1v) is 8.46. The Morgan fingerprint density at radius 2 is 1.86 bits per heavy atom. The summed E-state index contributed by atoms with van der Waals surface area (Å²) in [7, 11) is -3.30. The van der Waals surface area contributed by atoms with Gasteiger partial charge >= 0.3 is 5.97 Å². The number of hydrogen-bond donors (Lipinski definition) is 3. The number of aliphatic carboxylic acids is 1. The van der Waals surface area contributed by atoms with E-state index in [4.69, 9.17) is 5.11 Å². The fourth-order valence-electron chi connectivity index (χ4n) is 1.95. The molecule has 1 unspecified atom stereocenters. The number of hydrogen-bond acceptors (Lipinski definition) is 5. The SMILES string of the molecule is CC(O)(CNC(=O)CCCS(=O)(=O)N1CCCC1)C(=O)O. The number of carboxylic acid groups (broad SMARTS) is 1. The zero-order valence-corrected chi connectivity index (χ0v) is 12.9. The molecular weight excluding hydrogens is 300 g/mol. The van der Waals surface area contributed by atoms with Gasteiger partial charge in [0, 0.05) is 19.5 Å². The van der Waals surface area contributed by atoms with E-state index in [1.54, 1.807) is 0 Å². The van der Waals surface area contributed by atoms with E-state index in [0.717, 1.165) is 19.8 Å². The topological polar surface area (TPSA) is 124 Å². The number of carbonyl (C=O) groups is 2. The van der Waals surface area contributed by atoms with E-state index in [2.05, 4.69) is 5.32 Å². The number of carbonyl (C=O) groups excluding carboxylic acids is 1. The third-order valence-electron chi connectivity index (χ3n) is 3.36. The van der Waals surface area contributed by atoms with Crippen LogP contribution < -0.4 is 5.32 Å². The zero-order valence-electron chi connectivity index (χ0n) is 12.0. The van der Waals surface area contributed by atoms with Crippen LogP contribution in [0.3, 0.4) is 0 Å². The fraction of sp³-hybridized carbons (Fsp3) is 0.833. The number of amides is 1. The van der Waals surface area contributed by atoms with Gasteiger partial charge < -0.3 is 15.5 Å². The number of sulfonamides is 1. The molecule has 3 N–H and O–H groups in total. The maximum atomic E-state index is 11.9. The van der Waals surface area contributed by atoms with Crippen LogP contribution >= 0.6 is 0 Å². The molecule has 0 radical (unpaired) electrons. The van der Waals surface area contributed by atoms with Crippen LogP contribution in [0.5, 0.6) is 0 Å². The fourth-order valence-corrected chi connectivity index (χ4v) is 3.53. The van der Waals surface area contributed by atoms with Crippen molar-refractivity contribution in [3.05, 3.63) is 0 Å². The molecule has 8 nitrogen and oxygen atoms in total. The van der Waals surface area contributed by atoms with Crippen molar-refractivity contribution >= 4 is 21.9 Å². The van der Waals surface area contributed by atoms with Gasteiger partial charge in [0.2, 0.25) is 15.9 Å². The molecule has 0 aromatic carbocycles. The van der Waals surface area contributed by atoms with Gasteiger partial charge in [-0.05, 0) is 26.2 Å². The molecule has 1 aliphatic heterocycles. The first kappa shape index (κ1) is 17.9. The summed E-state index contributed by atoms with van der Waals surface area (Å²) in [4.78, 5) is 22.1. The van der Waals surface area contributed by atoms with Crippen LogP contribution in [-0.2, 0) is 19.6 Å². The van der Waals surface area contributed by atoms with E-state index in [1.807, 2.05) is 0 Å². The van der Waals surface area contributed by atoms with E-state index in [-0.39, 0.29) is 18.6 Å². The van der Waals surface area contributed by atoms with Crippen LogP contribution in [0.2, 0.25) is 0 Å². The summed E-state index contributed by atoms with van der Waals surface area (Å²) in [6, 6.07) is 0. The number of carboxylic acids is 1. The highest BCUT2D eigenvalue weighted by molar-refractivity contribution is 7.89. The van der Waals surface area contributed by atoms with Crippen molar-refractivity contribution < 1.29 is 28.2 Å². The van der Waals surface area contributed by atoms with E-state index < -0.39 is 34.0 Å². The Hall–Kier alpha value is -1.19. The molecule has 0 spiro atoms. The van der Waals surface area contributed by atoms with Crippen LogP contribution in [0.25, 0.3) is 0 Å². The number of aliphatic hydroxyl groups is 1. The molecular formula is C12H22N2O6S. The largest absolute Gasteiger partial charge is 0.479 e. The second kappa shape index (κ2) is 7.19. The van der Waals surface area contributed by atoms with E-state index >= 15 is 0 Å². The second-order valence-corrected chi connectivity index (χ2v) is 7.47. The standard InChI is InChI=1S/C12H22N2O6S/c1-12(18,11(16)17)9-13-10(15)5-4-8-21(19,20)14-6-2-3-7-14/h18H,2-9H2,1H3,(H,13,15)(H,16,17). The molecule has 122 valence electrons. The minimum atomic E-state index is -3.30. The number of nitrogens with one attached hydrogen (secondary N) is 1. The maximum Gasteiger partial charge on any atom is 0.337 e. The summed E-state index contributed by atoms with van der Waals surface area (Å²) < 4.78 is 25.2. The van der Waals surface area contributed by atoms with Gasteiger partial charge in [0.25, 0.3) is 0 Å². The Morgan fingerprint density at radius 3 is 2.38 bits per heavy atom. The number of rotatable bonds is 8. The van der Waals surface area contributed by atoms with Crippen molar-refractivity contribution in [1.82, 2.24) is 9.62 Å². The molecule has 21 heavy (non-hydrogen) atoms. The van der Waals surface area contributed by atoms with Gasteiger partial charge in [0.15, 0.2) is 5.60 Å². The van der Waals surface area contributed by atoms with Crippen LogP contribution in [-0.4, -0.2) is 65.8 Å². The summed E-state index contributed by atoms with van der Waals surface area (Å²) in [5, 5.41) is 20.4. The molecule has 9 heteroatoms. The summed E-state index contributed by atoms with van der Waals surface area (Å²) in [5.41, 5.74) is -2.03. The summed E-state index contributed by atoms with van der Waals surface area (Å²) >= 11 is 0. The van der Waals surface area contributed by atoms with Gasteiger partial charge in [-0.2, -0.15) is 0 Å². The van der Waals surface area contributed by atoms with Gasteiger partial charge in [-0.3, -0.25) is 4.79 Å². The van der Waals surface area contributed by atoms with E-state index in [1.165, 1.54) is 4.31 Å². The predicted octanol–water partition coefficient (Wildman–Crippen LogP) is -0.856. The smallest absolute Gasteiger partial charge is 0.337 e. The molecule has 1 atom stereocenters. The lowest BCUT2D eigenvalue weighted by atomic mass is 10.1. The highest BCUT2D eigenvalue weighted by Crippen LogP contribution is 2.14. The minimum absolute atomic E-state index is 0.0250. The quantitative estimate of drug-likeness (QED) is 0.534. The maximum absolute atomic E-state index is 11.9. The van der Waals surface area contributed by atoms with Crippen molar-refractivity contribution in [2.45, 2.75) is 38.2 Å². The molecule has 0 bridgehead atoms. The predicted molar refractivity (Wildman–Crippen MR) is 75.1 cm³/mol. The lowest BCUT2D eigenvalue weighted by Gasteiger charge is -2.18. The van der Waals surface area contributed by atoms with Gasteiger partial charge in [-0.15, -0.1) is 0 Å². The molecule has 1 fully saturated rings. The Bertz CT molecular complexity index is 482. The third kappa shape index (κ3) is 5.60. The summed E-state index contributed by atoms with van der Waals surface area (Å²) in [5.74, 6) is -2.01. The van der Waals surface area contributed by atoms with Crippen molar-refractivity contribution in [2.75, 3.05) is 25.4 Å². The van der Waals surface area contributed by atoms with Crippen molar-refractivity contribution in [1.29, 1.82) is 0 Å². The minimum Gasteiger partial charge on any atom is -0.479 e. The van der Waals surface area contributed by atoms with Crippen molar-refractivity contribution in [3.63, 3.8) is 0 Å². The number of nitrogens with zero attached hydrogens (tertiary/aromatic N) is 1. The molecule has 1 aliphatic rings. The van der Waals surface area contributed by atoms with Crippen LogP contribution in [0.4, 0.5) is 0 Å². The third-order valence-corrected chi connectivity index (χ3v) is 5.31. The molecule has 0 saturated carbocycles. The first-order valence-electron chi connectivity index (χ1n) is 6.85. The Labute approximate surface area is 124 Å². The van der Waals surface area contributed by atoms with Gasteiger partial charge in [0.1, 0.15) is 0 Å². The highest BCUT2D eigenvalue weighted by atomic mass is 32.2. The lowest BCUT2D eigenvalue weighted by Crippen LogP contribution is -2.46. The molecule has 1 amide bonds. The van der Waals surface area contributed by atoms with E-state index in [0.29, 0.717) is 13.1 Å².